The minimum atomic E-state index is -0.284. The molecule has 1 aromatic carbocycles. The molecule has 4 heteroatoms. The fraction of sp³-hybridized carbons (Fsp3) is 0.231. The van der Waals surface area contributed by atoms with Crippen LogP contribution in [0.5, 0.6) is 0 Å². The number of benzene rings is 1. The molecular formula is C13H13FN2O. The molecule has 0 fully saturated rings. The maximum absolute atomic E-state index is 13.0. The predicted octanol–water partition coefficient (Wildman–Crippen LogP) is 2.12. The van der Waals surface area contributed by atoms with Crippen LogP contribution in [0.3, 0.4) is 0 Å². The second-order valence-corrected chi connectivity index (χ2v) is 4.03. The smallest absolute Gasteiger partial charge is 0.254 e. The molecule has 0 aliphatic carbocycles. The van der Waals surface area contributed by atoms with Gasteiger partial charge in [0.2, 0.25) is 0 Å². The number of aromatic amines is 1. The van der Waals surface area contributed by atoms with Crippen LogP contribution in [0.15, 0.2) is 29.1 Å². The van der Waals surface area contributed by atoms with E-state index in [4.69, 9.17) is 0 Å². The van der Waals surface area contributed by atoms with Crippen LogP contribution in [0.4, 0.5) is 4.39 Å². The van der Waals surface area contributed by atoms with Crippen molar-refractivity contribution in [3.8, 4) is 0 Å². The third kappa shape index (κ3) is 2.58. The molecular weight excluding hydrogens is 219 g/mol. The van der Waals surface area contributed by atoms with Crippen molar-refractivity contribution in [1.29, 1.82) is 0 Å². The molecule has 1 aromatic heterocycles. The first-order chi connectivity index (χ1) is 8.06. The molecule has 88 valence electrons. The molecule has 2 rings (SSSR count). The zero-order valence-corrected chi connectivity index (χ0v) is 9.75. The number of nitrogens with one attached hydrogen (secondary N) is 1. The average molecular weight is 232 g/mol. The van der Waals surface area contributed by atoms with E-state index in [9.17, 15) is 9.18 Å². The zero-order valence-electron chi connectivity index (χ0n) is 9.75. The summed E-state index contributed by atoms with van der Waals surface area (Å²) in [5, 5.41) is 0. The van der Waals surface area contributed by atoms with Gasteiger partial charge in [0.05, 0.1) is 0 Å². The lowest BCUT2D eigenvalue weighted by Crippen LogP contribution is -2.16. The van der Waals surface area contributed by atoms with Crippen molar-refractivity contribution in [2.24, 2.45) is 0 Å². The van der Waals surface area contributed by atoms with E-state index < -0.39 is 0 Å². The van der Waals surface area contributed by atoms with Gasteiger partial charge in [0.15, 0.2) is 0 Å². The molecule has 0 atom stereocenters. The Morgan fingerprint density at radius 2 is 2.12 bits per heavy atom. The van der Waals surface area contributed by atoms with Crippen molar-refractivity contribution in [3.05, 3.63) is 63.1 Å². The monoisotopic (exact) mass is 232 g/mol. The summed E-state index contributed by atoms with van der Waals surface area (Å²) in [6.45, 7) is 3.52. The maximum Gasteiger partial charge on any atom is 0.254 e. The highest BCUT2D eigenvalue weighted by molar-refractivity contribution is 5.22. The lowest BCUT2D eigenvalue weighted by molar-refractivity contribution is 0.625. The fourth-order valence-corrected chi connectivity index (χ4v) is 1.63. The molecule has 0 spiro atoms. The van der Waals surface area contributed by atoms with E-state index in [0.717, 1.165) is 5.56 Å². The molecule has 2 aromatic rings. The molecule has 0 saturated carbocycles. The summed E-state index contributed by atoms with van der Waals surface area (Å²) in [6.07, 6.45) is 0.425. The van der Waals surface area contributed by atoms with Gasteiger partial charge in [0, 0.05) is 17.7 Å². The Labute approximate surface area is 98.3 Å². The number of aryl methyl sites for hydroxylation is 1. The van der Waals surface area contributed by atoms with E-state index in [1.165, 1.54) is 12.1 Å². The lowest BCUT2D eigenvalue weighted by Gasteiger charge is -2.04. The lowest BCUT2D eigenvalue weighted by atomic mass is 10.1. The highest BCUT2D eigenvalue weighted by Crippen LogP contribution is 2.08. The third-order valence-corrected chi connectivity index (χ3v) is 2.70. The predicted molar refractivity (Wildman–Crippen MR) is 63.5 cm³/mol. The van der Waals surface area contributed by atoms with Crippen LogP contribution in [-0.4, -0.2) is 9.97 Å². The van der Waals surface area contributed by atoms with E-state index in [0.29, 0.717) is 23.5 Å². The largest absolute Gasteiger partial charge is 0.310 e. The van der Waals surface area contributed by atoms with Gasteiger partial charge < -0.3 is 4.98 Å². The highest BCUT2D eigenvalue weighted by atomic mass is 19.1. The van der Waals surface area contributed by atoms with Gasteiger partial charge in [-0.2, -0.15) is 0 Å². The second kappa shape index (κ2) is 4.49. The molecule has 0 amide bonds. The maximum atomic E-state index is 13.0. The van der Waals surface area contributed by atoms with Crippen LogP contribution in [0.2, 0.25) is 0 Å². The van der Waals surface area contributed by atoms with Crippen LogP contribution >= 0.6 is 0 Å². The molecule has 0 saturated heterocycles. The van der Waals surface area contributed by atoms with Gasteiger partial charge in [-0.25, -0.2) is 9.37 Å². The van der Waals surface area contributed by atoms with Crippen molar-refractivity contribution < 1.29 is 4.39 Å². The van der Waals surface area contributed by atoms with Gasteiger partial charge in [-0.15, -0.1) is 0 Å². The van der Waals surface area contributed by atoms with Crippen LogP contribution < -0.4 is 5.56 Å². The number of aromatic nitrogens is 2. The summed E-state index contributed by atoms with van der Waals surface area (Å²) in [4.78, 5) is 18.5. The van der Waals surface area contributed by atoms with E-state index in [1.807, 2.05) is 0 Å². The first-order valence-electron chi connectivity index (χ1n) is 5.37. The SMILES string of the molecule is Cc1nc(Cc2cccc(F)c2)[nH]c(=O)c1C. The standard InChI is InChI=1S/C13H13FN2O/c1-8-9(2)15-12(16-13(8)17)7-10-4-3-5-11(14)6-10/h3-6H,7H2,1-2H3,(H,15,16,17). The van der Waals surface area contributed by atoms with E-state index in [1.54, 1.807) is 26.0 Å². The van der Waals surface area contributed by atoms with Crippen LogP contribution in [0.25, 0.3) is 0 Å². The fourth-order valence-electron chi connectivity index (χ4n) is 1.63. The number of hydrogen-bond donors (Lipinski definition) is 1. The van der Waals surface area contributed by atoms with Gasteiger partial charge in [-0.05, 0) is 31.5 Å². The Morgan fingerprint density at radius 3 is 2.76 bits per heavy atom. The molecule has 0 aliphatic heterocycles. The van der Waals surface area contributed by atoms with E-state index >= 15 is 0 Å². The summed E-state index contributed by atoms with van der Waals surface area (Å²) < 4.78 is 13.0. The van der Waals surface area contributed by atoms with Gasteiger partial charge >= 0.3 is 0 Å². The Bertz CT molecular complexity index is 605. The summed E-state index contributed by atoms with van der Waals surface area (Å²) in [5.74, 6) is 0.275. The van der Waals surface area contributed by atoms with Crippen molar-refractivity contribution in [3.63, 3.8) is 0 Å². The van der Waals surface area contributed by atoms with Gasteiger partial charge in [-0.1, -0.05) is 12.1 Å². The third-order valence-electron chi connectivity index (χ3n) is 2.70. The molecule has 0 radical (unpaired) electrons. The molecule has 17 heavy (non-hydrogen) atoms. The number of rotatable bonds is 2. The normalized spacial score (nSPS) is 10.5. The minimum Gasteiger partial charge on any atom is -0.310 e. The average Bonchev–Trinajstić information content (AvgIpc) is 2.26. The Balaban J connectivity index is 2.34. The number of nitrogens with zero attached hydrogens (tertiary/aromatic N) is 1. The molecule has 0 bridgehead atoms. The molecule has 1 N–H and O–H groups in total. The molecule has 1 heterocycles. The summed E-state index contributed by atoms with van der Waals surface area (Å²) >= 11 is 0. The molecule has 0 aliphatic rings. The van der Waals surface area contributed by atoms with Gasteiger partial charge in [-0.3, -0.25) is 4.79 Å². The van der Waals surface area contributed by atoms with Crippen molar-refractivity contribution in [2.75, 3.05) is 0 Å². The first-order valence-corrected chi connectivity index (χ1v) is 5.37. The van der Waals surface area contributed by atoms with Crippen LogP contribution in [-0.2, 0) is 6.42 Å². The van der Waals surface area contributed by atoms with Crippen LogP contribution in [0.1, 0.15) is 22.6 Å². The van der Waals surface area contributed by atoms with Gasteiger partial charge in [0.25, 0.3) is 5.56 Å². The molecule has 3 nitrogen and oxygen atoms in total. The van der Waals surface area contributed by atoms with Crippen molar-refractivity contribution >= 4 is 0 Å². The number of hydrogen-bond acceptors (Lipinski definition) is 2. The van der Waals surface area contributed by atoms with E-state index in [-0.39, 0.29) is 11.4 Å². The van der Waals surface area contributed by atoms with Gasteiger partial charge in [0.1, 0.15) is 11.6 Å². The summed E-state index contributed by atoms with van der Waals surface area (Å²) in [5.41, 5.74) is 1.98. The highest BCUT2D eigenvalue weighted by Gasteiger charge is 2.05. The quantitative estimate of drug-likeness (QED) is 0.862. The van der Waals surface area contributed by atoms with Crippen LogP contribution in [0, 0.1) is 19.7 Å². The summed E-state index contributed by atoms with van der Waals surface area (Å²) in [7, 11) is 0. The van der Waals surface area contributed by atoms with E-state index in [2.05, 4.69) is 9.97 Å². The number of H-pyrrole nitrogens is 1. The number of halogens is 1. The topological polar surface area (TPSA) is 45.8 Å². The Morgan fingerprint density at radius 1 is 1.35 bits per heavy atom. The minimum absolute atomic E-state index is 0.135. The van der Waals surface area contributed by atoms with Crippen molar-refractivity contribution in [1.82, 2.24) is 9.97 Å². The Kier molecular flexibility index (Phi) is 3.04. The molecule has 0 unspecified atom stereocenters. The first kappa shape index (κ1) is 11.5. The van der Waals surface area contributed by atoms with Crippen molar-refractivity contribution in [2.45, 2.75) is 20.3 Å². The Hall–Kier alpha value is -1.97. The zero-order chi connectivity index (χ0) is 12.4. The second-order valence-electron chi connectivity index (χ2n) is 4.03. The summed E-state index contributed by atoms with van der Waals surface area (Å²) in [6, 6.07) is 6.28.